The lowest BCUT2D eigenvalue weighted by molar-refractivity contribution is -0.122. The Kier molecular flexibility index (Phi) is 4.78. The third-order valence-corrected chi connectivity index (χ3v) is 4.51. The number of carbonyl (C=O) groups is 1. The molecule has 0 saturated heterocycles. The number of hydrogen-bond donors (Lipinski definition) is 2. The first-order valence-electron chi connectivity index (χ1n) is 6.69. The molecule has 0 unspecified atom stereocenters. The number of rotatable bonds is 5. The summed E-state index contributed by atoms with van der Waals surface area (Å²) in [6, 6.07) is 4.05. The van der Waals surface area contributed by atoms with Crippen LogP contribution in [0.1, 0.15) is 43.4 Å². The van der Waals surface area contributed by atoms with Crippen molar-refractivity contribution >= 4 is 17.2 Å². The molecule has 0 spiro atoms. The van der Waals surface area contributed by atoms with Gasteiger partial charge < -0.3 is 10.4 Å². The second-order valence-corrected chi connectivity index (χ2v) is 6.17. The Morgan fingerprint density at radius 2 is 2.17 bits per heavy atom. The standard InChI is InChI=1S/C14H21NO2S/c16-13(7-6-12-5-4-10-18-12)15-11-14(17)8-2-1-3-9-14/h4-5,10,17H,1-3,6-9,11H2,(H,15,16). The Hall–Kier alpha value is -0.870. The molecule has 2 N–H and O–H groups in total. The highest BCUT2D eigenvalue weighted by molar-refractivity contribution is 7.09. The van der Waals surface area contributed by atoms with Crippen molar-refractivity contribution in [3.63, 3.8) is 0 Å². The van der Waals surface area contributed by atoms with Crippen LogP contribution in [0.3, 0.4) is 0 Å². The molecular formula is C14H21NO2S. The van der Waals surface area contributed by atoms with Gasteiger partial charge in [0.2, 0.25) is 5.91 Å². The molecule has 0 bridgehead atoms. The predicted octanol–water partition coefficient (Wildman–Crippen LogP) is 2.49. The Morgan fingerprint density at radius 1 is 1.39 bits per heavy atom. The van der Waals surface area contributed by atoms with E-state index in [1.54, 1.807) is 11.3 Å². The summed E-state index contributed by atoms with van der Waals surface area (Å²) >= 11 is 1.68. The van der Waals surface area contributed by atoms with Gasteiger partial charge in [0.05, 0.1) is 5.60 Å². The van der Waals surface area contributed by atoms with Gasteiger partial charge in [0.1, 0.15) is 0 Å². The van der Waals surface area contributed by atoms with E-state index in [1.807, 2.05) is 17.5 Å². The molecule has 2 rings (SSSR count). The Morgan fingerprint density at radius 3 is 2.83 bits per heavy atom. The van der Waals surface area contributed by atoms with Crippen molar-refractivity contribution in [1.82, 2.24) is 5.32 Å². The molecule has 18 heavy (non-hydrogen) atoms. The van der Waals surface area contributed by atoms with Crippen molar-refractivity contribution in [1.29, 1.82) is 0 Å². The summed E-state index contributed by atoms with van der Waals surface area (Å²) in [7, 11) is 0. The molecule has 0 aromatic carbocycles. The average molecular weight is 267 g/mol. The largest absolute Gasteiger partial charge is 0.388 e. The molecule has 0 atom stereocenters. The van der Waals surface area contributed by atoms with E-state index in [4.69, 9.17) is 0 Å². The second kappa shape index (κ2) is 6.34. The molecule has 100 valence electrons. The molecule has 0 aliphatic heterocycles. The van der Waals surface area contributed by atoms with E-state index in [0.29, 0.717) is 13.0 Å². The lowest BCUT2D eigenvalue weighted by atomic mass is 9.85. The van der Waals surface area contributed by atoms with Gasteiger partial charge in [-0.1, -0.05) is 25.3 Å². The number of hydrogen-bond acceptors (Lipinski definition) is 3. The lowest BCUT2D eigenvalue weighted by Gasteiger charge is -2.32. The zero-order chi connectivity index (χ0) is 12.8. The third-order valence-electron chi connectivity index (χ3n) is 3.58. The van der Waals surface area contributed by atoms with Crippen LogP contribution in [-0.4, -0.2) is 23.2 Å². The van der Waals surface area contributed by atoms with Crippen LogP contribution < -0.4 is 5.32 Å². The van der Waals surface area contributed by atoms with Gasteiger partial charge >= 0.3 is 0 Å². The summed E-state index contributed by atoms with van der Waals surface area (Å²) in [5.41, 5.74) is -0.656. The summed E-state index contributed by atoms with van der Waals surface area (Å²) in [6.45, 7) is 0.413. The molecule has 4 heteroatoms. The van der Waals surface area contributed by atoms with Crippen LogP contribution in [0, 0.1) is 0 Å². The van der Waals surface area contributed by atoms with Crippen LogP contribution in [0.5, 0.6) is 0 Å². The summed E-state index contributed by atoms with van der Waals surface area (Å²) in [5.74, 6) is 0.0439. The fraction of sp³-hybridized carbons (Fsp3) is 0.643. The topological polar surface area (TPSA) is 49.3 Å². The first-order valence-corrected chi connectivity index (χ1v) is 7.57. The zero-order valence-corrected chi connectivity index (χ0v) is 11.5. The van der Waals surface area contributed by atoms with E-state index in [-0.39, 0.29) is 5.91 Å². The first-order chi connectivity index (χ1) is 8.68. The number of carbonyl (C=O) groups excluding carboxylic acids is 1. The first kappa shape index (κ1) is 13.6. The maximum atomic E-state index is 11.7. The van der Waals surface area contributed by atoms with Crippen molar-refractivity contribution in [2.75, 3.05) is 6.54 Å². The molecule has 1 aromatic heterocycles. The summed E-state index contributed by atoms with van der Waals surface area (Å²) in [4.78, 5) is 12.9. The van der Waals surface area contributed by atoms with Crippen molar-refractivity contribution in [2.45, 2.75) is 50.5 Å². The highest BCUT2D eigenvalue weighted by Gasteiger charge is 2.29. The SMILES string of the molecule is O=C(CCc1cccs1)NCC1(O)CCCCC1. The van der Waals surface area contributed by atoms with Gasteiger partial charge in [0.25, 0.3) is 0 Å². The highest BCUT2D eigenvalue weighted by Crippen LogP contribution is 2.27. The number of thiophene rings is 1. The Balaban J connectivity index is 1.68. The fourth-order valence-electron chi connectivity index (χ4n) is 2.43. The molecule has 1 heterocycles. The highest BCUT2D eigenvalue weighted by atomic mass is 32.1. The second-order valence-electron chi connectivity index (χ2n) is 5.14. The summed E-state index contributed by atoms with van der Waals surface area (Å²) in [5, 5.41) is 15.2. The maximum absolute atomic E-state index is 11.7. The van der Waals surface area contributed by atoms with Gasteiger partial charge in [-0.25, -0.2) is 0 Å². The summed E-state index contributed by atoms with van der Waals surface area (Å²) < 4.78 is 0. The summed E-state index contributed by atoms with van der Waals surface area (Å²) in [6.07, 6.45) is 6.28. The molecule has 1 aliphatic carbocycles. The molecule has 0 radical (unpaired) electrons. The Labute approximate surface area is 112 Å². The molecule has 1 fully saturated rings. The van der Waals surface area contributed by atoms with Gasteiger partial charge in [-0.3, -0.25) is 4.79 Å². The van der Waals surface area contributed by atoms with Gasteiger partial charge in [-0.15, -0.1) is 11.3 Å². The molecule has 1 saturated carbocycles. The van der Waals surface area contributed by atoms with Crippen molar-refractivity contribution in [2.24, 2.45) is 0 Å². The number of aliphatic hydroxyl groups is 1. The van der Waals surface area contributed by atoms with Crippen LogP contribution in [-0.2, 0) is 11.2 Å². The van der Waals surface area contributed by atoms with Gasteiger partial charge in [-0.2, -0.15) is 0 Å². The van der Waals surface area contributed by atoms with E-state index in [1.165, 1.54) is 11.3 Å². The van der Waals surface area contributed by atoms with Gasteiger partial charge in [0, 0.05) is 17.8 Å². The quantitative estimate of drug-likeness (QED) is 0.861. The third kappa shape index (κ3) is 4.10. The van der Waals surface area contributed by atoms with E-state index < -0.39 is 5.60 Å². The number of amides is 1. The van der Waals surface area contributed by atoms with Crippen LogP contribution >= 0.6 is 11.3 Å². The van der Waals surface area contributed by atoms with Crippen LogP contribution in [0.2, 0.25) is 0 Å². The van der Waals surface area contributed by atoms with Crippen LogP contribution in [0.15, 0.2) is 17.5 Å². The molecule has 1 amide bonds. The smallest absolute Gasteiger partial charge is 0.220 e. The number of nitrogens with one attached hydrogen (secondary N) is 1. The van der Waals surface area contributed by atoms with Crippen molar-refractivity contribution in [3.05, 3.63) is 22.4 Å². The molecule has 3 nitrogen and oxygen atoms in total. The molecule has 1 aliphatic rings. The minimum absolute atomic E-state index is 0.0439. The maximum Gasteiger partial charge on any atom is 0.220 e. The lowest BCUT2D eigenvalue weighted by Crippen LogP contribution is -2.44. The van der Waals surface area contributed by atoms with E-state index in [2.05, 4.69) is 5.32 Å². The predicted molar refractivity (Wildman–Crippen MR) is 73.7 cm³/mol. The minimum Gasteiger partial charge on any atom is -0.388 e. The fourth-order valence-corrected chi connectivity index (χ4v) is 3.14. The molecule has 1 aromatic rings. The zero-order valence-electron chi connectivity index (χ0n) is 10.7. The van der Waals surface area contributed by atoms with Crippen molar-refractivity contribution < 1.29 is 9.90 Å². The average Bonchev–Trinajstić information content (AvgIpc) is 2.88. The van der Waals surface area contributed by atoms with Crippen LogP contribution in [0.4, 0.5) is 0 Å². The monoisotopic (exact) mass is 267 g/mol. The van der Waals surface area contributed by atoms with E-state index in [0.717, 1.165) is 32.1 Å². The normalized spacial score (nSPS) is 18.5. The Bertz CT molecular complexity index is 369. The number of aryl methyl sites for hydroxylation is 1. The molecular weight excluding hydrogens is 246 g/mol. The minimum atomic E-state index is -0.656. The van der Waals surface area contributed by atoms with E-state index in [9.17, 15) is 9.90 Å². The van der Waals surface area contributed by atoms with Crippen LogP contribution in [0.25, 0.3) is 0 Å². The van der Waals surface area contributed by atoms with E-state index >= 15 is 0 Å². The van der Waals surface area contributed by atoms with Crippen molar-refractivity contribution in [3.8, 4) is 0 Å². The van der Waals surface area contributed by atoms with Gasteiger partial charge in [0.15, 0.2) is 0 Å². The van der Waals surface area contributed by atoms with Gasteiger partial charge in [-0.05, 0) is 30.7 Å².